The molecule has 0 radical (unpaired) electrons. The fraction of sp³-hybridized carbons (Fsp3) is 0.321. The third-order valence-electron chi connectivity index (χ3n) is 6.08. The van der Waals surface area contributed by atoms with Crippen molar-refractivity contribution in [3.8, 4) is 5.75 Å². The minimum Gasteiger partial charge on any atom is -0.404 e. The summed E-state index contributed by atoms with van der Waals surface area (Å²) >= 11 is 5.88. The van der Waals surface area contributed by atoms with Crippen molar-refractivity contribution in [1.29, 1.82) is 0 Å². The third kappa shape index (κ3) is 7.93. The summed E-state index contributed by atoms with van der Waals surface area (Å²) in [5.74, 6) is -0.262. The molecule has 1 amide bonds. The van der Waals surface area contributed by atoms with Gasteiger partial charge in [-0.05, 0) is 62.2 Å². The van der Waals surface area contributed by atoms with E-state index in [1.165, 1.54) is 18.2 Å². The Balaban J connectivity index is 1.20. The number of ether oxygens (including phenoxy) is 2. The van der Waals surface area contributed by atoms with Crippen molar-refractivity contribution < 1.29 is 27.4 Å². The molecular weight excluding hydrogens is 547 g/mol. The van der Waals surface area contributed by atoms with E-state index in [-0.39, 0.29) is 11.1 Å². The summed E-state index contributed by atoms with van der Waals surface area (Å²) in [6.45, 7) is 4.21. The number of hydrogen-bond acceptors (Lipinski definition) is 7. The molecule has 0 fully saturated rings. The van der Waals surface area contributed by atoms with E-state index < -0.39 is 18.0 Å². The molecule has 4 N–H and O–H groups in total. The van der Waals surface area contributed by atoms with E-state index in [9.17, 15) is 18.0 Å². The number of carbonyl (C=O) groups excluding carboxylic acids is 1. The highest BCUT2D eigenvalue weighted by Gasteiger charge is 2.32. The fourth-order valence-corrected chi connectivity index (χ4v) is 4.44. The van der Waals surface area contributed by atoms with E-state index in [1.54, 1.807) is 24.5 Å². The smallest absolute Gasteiger partial charge is 0.404 e. The summed E-state index contributed by atoms with van der Waals surface area (Å²) in [4.78, 5) is 20.6. The molecule has 1 atom stereocenters. The normalized spacial score (nSPS) is 12.5. The zero-order valence-electron chi connectivity index (χ0n) is 21.7. The quantitative estimate of drug-likeness (QED) is 0.136. The topological polar surface area (TPSA) is 111 Å². The summed E-state index contributed by atoms with van der Waals surface area (Å²) in [5, 5.41) is 9.26. The lowest BCUT2D eigenvalue weighted by molar-refractivity contribution is -0.274. The van der Waals surface area contributed by atoms with E-state index >= 15 is 0 Å². The number of hydrogen-bond donors (Lipinski definition) is 3. The standard InChI is InChI=1S/C28H29ClF3N5O3/c1-17(16-39-11-3-2-9-34-14-18-4-7-25(23(29)12-18)40-28(30,31)32)36-27-21-8-10-35-15-22(21)20-6-5-19(26(33)38)13-24(20)37-27/h4-8,10,12-13,15,17,34H,2-3,9,11,14,16H2,1H3,(H2,33,38)(H,36,37)/t17-/m1/s1. The van der Waals surface area contributed by atoms with Gasteiger partial charge in [-0.15, -0.1) is 13.2 Å². The number of unbranched alkanes of at least 4 members (excludes halogenated alkanes) is 1. The van der Waals surface area contributed by atoms with Crippen molar-refractivity contribution in [3.05, 3.63) is 71.0 Å². The van der Waals surface area contributed by atoms with Crippen LogP contribution < -0.4 is 21.1 Å². The van der Waals surface area contributed by atoms with Gasteiger partial charge in [0.15, 0.2) is 0 Å². The number of primary amides is 1. The highest BCUT2D eigenvalue weighted by molar-refractivity contribution is 6.32. The number of benzene rings is 2. The van der Waals surface area contributed by atoms with E-state index in [2.05, 4.69) is 20.4 Å². The van der Waals surface area contributed by atoms with Gasteiger partial charge in [0.25, 0.3) is 0 Å². The van der Waals surface area contributed by atoms with Crippen molar-refractivity contribution in [2.24, 2.45) is 5.73 Å². The predicted octanol–water partition coefficient (Wildman–Crippen LogP) is 5.82. The third-order valence-corrected chi connectivity index (χ3v) is 6.37. The van der Waals surface area contributed by atoms with Gasteiger partial charge in [0, 0.05) is 53.3 Å². The van der Waals surface area contributed by atoms with E-state index in [4.69, 9.17) is 27.1 Å². The van der Waals surface area contributed by atoms with Gasteiger partial charge >= 0.3 is 6.36 Å². The van der Waals surface area contributed by atoms with Crippen LogP contribution in [0.25, 0.3) is 21.7 Å². The van der Waals surface area contributed by atoms with Crippen LogP contribution in [-0.2, 0) is 11.3 Å². The number of carbonyl (C=O) groups is 1. The largest absolute Gasteiger partial charge is 0.573 e. The average Bonchev–Trinajstić information content (AvgIpc) is 2.90. The van der Waals surface area contributed by atoms with E-state index in [1.807, 2.05) is 19.1 Å². The lowest BCUT2D eigenvalue weighted by Gasteiger charge is -2.17. The number of amides is 1. The van der Waals surface area contributed by atoms with Gasteiger partial charge in [-0.3, -0.25) is 9.78 Å². The van der Waals surface area contributed by atoms with Crippen molar-refractivity contribution in [2.45, 2.75) is 38.7 Å². The van der Waals surface area contributed by atoms with Crippen LogP contribution in [0.5, 0.6) is 5.75 Å². The molecule has 0 spiro atoms. The van der Waals surface area contributed by atoms with Gasteiger partial charge in [-0.1, -0.05) is 23.7 Å². The van der Waals surface area contributed by atoms with Crippen LogP contribution in [0.2, 0.25) is 5.02 Å². The van der Waals surface area contributed by atoms with Crippen molar-refractivity contribution in [3.63, 3.8) is 0 Å². The first-order valence-electron chi connectivity index (χ1n) is 12.7. The fourth-order valence-electron chi connectivity index (χ4n) is 4.20. The predicted molar refractivity (Wildman–Crippen MR) is 149 cm³/mol. The molecule has 212 valence electrons. The summed E-state index contributed by atoms with van der Waals surface area (Å²) < 4.78 is 46.8. The minimum absolute atomic E-state index is 0.0344. The Hall–Kier alpha value is -3.67. The number of rotatable bonds is 13. The van der Waals surface area contributed by atoms with Gasteiger partial charge in [-0.2, -0.15) is 0 Å². The van der Waals surface area contributed by atoms with Crippen LogP contribution in [0.15, 0.2) is 54.9 Å². The van der Waals surface area contributed by atoms with E-state index in [0.717, 1.165) is 34.6 Å². The Morgan fingerprint density at radius 2 is 1.93 bits per heavy atom. The summed E-state index contributed by atoms with van der Waals surface area (Å²) in [6, 6.07) is 11.3. The van der Waals surface area contributed by atoms with Crippen LogP contribution in [0.1, 0.15) is 35.7 Å². The molecule has 0 unspecified atom stereocenters. The number of nitrogens with two attached hydrogens (primary N) is 1. The van der Waals surface area contributed by atoms with Crippen LogP contribution in [0.4, 0.5) is 19.0 Å². The number of nitrogens with one attached hydrogen (secondary N) is 2. The average molecular weight is 576 g/mol. The molecule has 12 heteroatoms. The number of nitrogens with zero attached hydrogens (tertiary/aromatic N) is 2. The molecular formula is C28H29ClF3N5O3. The number of alkyl halides is 3. The second-order valence-corrected chi connectivity index (χ2v) is 9.70. The van der Waals surface area contributed by atoms with Crippen LogP contribution >= 0.6 is 11.6 Å². The molecule has 4 aromatic rings. The maximum atomic E-state index is 12.4. The number of fused-ring (bicyclic) bond motifs is 3. The lowest BCUT2D eigenvalue weighted by Crippen LogP contribution is -2.23. The Kier molecular flexibility index (Phi) is 9.62. The minimum atomic E-state index is -4.78. The Bertz CT molecular complexity index is 1490. The number of halogens is 4. The first kappa shape index (κ1) is 29.3. The van der Waals surface area contributed by atoms with Gasteiger partial charge in [0.1, 0.15) is 11.6 Å². The molecule has 0 aliphatic heterocycles. The van der Waals surface area contributed by atoms with Crippen LogP contribution in [-0.4, -0.2) is 48.0 Å². The SMILES string of the molecule is C[C@H](COCCCCNCc1ccc(OC(F)(F)F)c(Cl)c1)Nc1nc2cc(C(N)=O)ccc2c2cnccc12. The molecule has 0 saturated heterocycles. The van der Waals surface area contributed by atoms with E-state index in [0.29, 0.717) is 43.2 Å². The molecule has 2 aromatic carbocycles. The van der Waals surface area contributed by atoms with Gasteiger partial charge in [-0.25, -0.2) is 4.98 Å². The molecule has 8 nitrogen and oxygen atoms in total. The van der Waals surface area contributed by atoms with Crippen molar-refractivity contribution >= 4 is 45.0 Å². The summed E-state index contributed by atoms with van der Waals surface area (Å²) in [7, 11) is 0. The molecule has 40 heavy (non-hydrogen) atoms. The second kappa shape index (κ2) is 13.1. The maximum absolute atomic E-state index is 12.4. The maximum Gasteiger partial charge on any atom is 0.573 e. The summed E-state index contributed by atoms with van der Waals surface area (Å²) in [6.07, 6.45) is 0.389. The van der Waals surface area contributed by atoms with Crippen LogP contribution in [0, 0.1) is 0 Å². The number of pyridine rings is 2. The monoisotopic (exact) mass is 575 g/mol. The first-order chi connectivity index (χ1) is 19.1. The van der Waals surface area contributed by atoms with Crippen molar-refractivity contribution in [2.75, 3.05) is 25.1 Å². The lowest BCUT2D eigenvalue weighted by atomic mass is 10.1. The molecule has 2 aromatic heterocycles. The zero-order chi connectivity index (χ0) is 28.7. The Morgan fingerprint density at radius 1 is 1.10 bits per heavy atom. The summed E-state index contributed by atoms with van der Waals surface area (Å²) in [5.41, 5.74) is 7.23. The molecule has 2 heterocycles. The number of anilines is 1. The second-order valence-electron chi connectivity index (χ2n) is 9.29. The van der Waals surface area contributed by atoms with Crippen molar-refractivity contribution in [1.82, 2.24) is 15.3 Å². The molecule has 0 aliphatic rings. The molecule has 0 saturated carbocycles. The van der Waals surface area contributed by atoms with Gasteiger partial charge in [0.2, 0.25) is 5.91 Å². The molecule has 0 bridgehead atoms. The highest BCUT2D eigenvalue weighted by Crippen LogP contribution is 2.31. The number of aromatic nitrogens is 2. The van der Waals surface area contributed by atoms with Gasteiger partial charge < -0.3 is 25.8 Å². The molecule has 4 rings (SSSR count). The zero-order valence-corrected chi connectivity index (χ0v) is 22.5. The Morgan fingerprint density at radius 3 is 2.67 bits per heavy atom. The highest BCUT2D eigenvalue weighted by atomic mass is 35.5. The van der Waals surface area contributed by atoms with Crippen LogP contribution in [0.3, 0.4) is 0 Å². The van der Waals surface area contributed by atoms with Gasteiger partial charge in [0.05, 0.1) is 17.1 Å². The Labute approximate surface area is 234 Å². The first-order valence-corrected chi connectivity index (χ1v) is 13.0. The molecule has 0 aliphatic carbocycles.